The number of thiophene rings is 1. The minimum Gasteiger partial charge on any atom is -0.491 e. The maximum absolute atomic E-state index is 11.9. The Morgan fingerprint density at radius 1 is 1.24 bits per heavy atom. The van der Waals surface area contributed by atoms with Crippen LogP contribution in [0.15, 0.2) is 41.5 Å². The Labute approximate surface area is 128 Å². The van der Waals surface area contributed by atoms with Crippen LogP contribution in [0.3, 0.4) is 0 Å². The number of rotatable bonds is 5. The van der Waals surface area contributed by atoms with Crippen molar-refractivity contribution < 1.29 is 9.53 Å². The first-order chi connectivity index (χ1) is 10.0. The van der Waals surface area contributed by atoms with Gasteiger partial charge in [-0.25, -0.2) is 5.43 Å². The summed E-state index contributed by atoms with van der Waals surface area (Å²) in [6.45, 7) is 5.95. The fraction of sp³-hybridized carbons (Fsp3) is 0.250. The van der Waals surface area contributed by atoms with Crippen molar-refractivity contribution in [1.29, 1.82) is 0 Å². The average molecular weight is 302 g/mol. The van der Waals surface area contributed by atoms with Crippen LogP contribution in [0.2, 0.25) is 0 Å². The van der Waals surface area contributed by atoms with Gasteiger partial charge in [-0.2, -0.15) is 5.10 Å². The van der Waals surface area contributed by atoms with Gasteiger partial charge in [0.2, 0.25) is 0 Å². The van der Waals surface area contributed by atoms with Gasteiger partial charge in [-0.15, -0.1) is 11.3 Å². The van der Waals surface area contributed by atoms with E-state index in [1.54, 1.807) is 41.8 Å². The number of amides is 1. The second-order valence-electron chi connectivity index (χ2n) is 4.84. The number of aryl methyl sites for hydroxylation is 1. The predicted molar refractivity (Wildman–Crippen MR) is 86.3 cm³/mol. The molecular weight excluding hydrogens is 284 g/mol. The Bertz CT molecular complexity index is 630. The van der Waals surface area contributed by atoms with E-state index in [4.69, 9.17) is 4.74 Å². The topological polar surface area (TPSA) is 50.7 Å². The molecule has 0 spiro atoms. The van der Waals surface area contributed by atoms with Crippen molar-refractivity contribution in [2.45, 2.75) is 26.9 Å². The molecule has 0 aliphatic carbocycles. The van der Waals surface area contributed by atoms with Crippen LogP contribution >= 0.6 is 11.3 Å². The molecule has 4 nitrogen and oxygen atoms in total. The van der Waals surface area contributed by atoms with E-state index in [0.29, 0.717) is 5.56 Å². The Balaban J connectivity index is 1.92. The van der Waals surface area contributed by atoms with Crippen LogP contribution < -0.4 is 10.2 Å². The second-order valence-corrected chi connectivity index (χ2v) is 6.16. The van der Waals surface area contributed by atoms with Gasteiger partial charge in [0, 0.05) is 15.3 Å². The molecule has 5 heteroatoms. The molecule has 1 N–H and O–H groups in total. The number of benzene rings is 1. The van der Waals surface area contributed by atoms with Crippen molar-refractivity contribution in [1.82, 2.24) is 5.43 Å². The fourth-order valence-electron chi connectivity index (χ4n) is 1.70. The zero-order valence-corrected chi connectivity index (χ0v) is 13.1. The SMILES string of the molecule is Cc1ccc(/C=N\NC(=O)c2ccc(OC(C)C)cc2)s1. The minimum atomic E-state index is -0.240. The first-order valence-electron chi connectivity index (χ1n) is 6.71. The number of nitrogens with one attached hydrogen (secondary N) is 1. The maximum atomic E-state index is 11.9. The standard InChI is InChI=1S/C16H18N2O2S/c1-11(2)20-14-7-5-13(6-8-14)16(19)18-17-10-15-9-4-12(3)21-15/h4-11H,1-3H3,(H,18,19)/b17-10-. The molecule has 1 aromatic heterocycles. The summed E-state index contributed by atoms with van der Waals surface area (Å²) < 4.78 is 5.53. The van der Waals surface area contributed by atoms with E-state index in [2.05, 4.69) is 10.5 Å². The molecule has 110 valence electrons. The normalized spacial score (nSPS) is 11.0. The van der Waals surface area contributed by atoms with Crippen LogP contribution in [0.1, 0.15) is 34.0 Å². The zero-order chi connectivity index (χ0) is 15.2. The quantitative estimate of drug-likeness (QED) is 0.677. The van der Waals surface area contributed by atoms with E-state index >= 15 is 0 Å². The lowest BCUT2D eigenvalue weighted by atomic mass is 10.2. The monoisotopic (exact) mass is 302 g/mol. The van der Waals surface area contributed by atoms with Gasteiger partial charge in [0.15, 0.2) is 0 Å². The number of hydrogen-bond acceptors (Lipinski definition) is 4. The molecule has 0 fully saturated rings. The van der Waals surface area contributed by atoms with Crippen LogP contribution in [-0.4, -0.2) is 18.2 Å². The summed E-state index contributed by atoms with van der Waals surface area (Å²) in [6, 6.07) is 11.0. The summed E-state index contributed by atoms with van der Waals surface area (Å²) in [4.78, 5) is 14.1. The third kappa shape index (κ3) is 4.72. The molecule has 0 bridgehead atoms. The maximum Gasteiger partial charge on any atom is 0.271 e. The van der Waals surface area contributed by atoms with Crippen molar-refractivity contribution in [3.05, 3.63) is 51.7 Å². The van der Waals surface area contributed by atoms with Gasteiger partial charge in [-0.1, -0.05) is 0 Å². The van der Waals surface area contributed by atoms with Gasteiger partial charge in [-0.05, 0) is 57.2 Å². The van der Waals surface area contributed by atoms with E-state index < -0.39 is 0 Å². The zero-order valence-electron chi connectivity index (χ0n) is 12.3. The minimum absolute atomic E-state index is 0.114. The van der Waals surface area contributed by atoms with Crippen LogP contribution in [-0.2, 0) is 0 Å². The second kappa shape index (κ2) is 7.04. The Hall–Kier alpha value is -2.14. The lowest BCUT2D eigenvalue weighted by Crippen LogP contribution is -2.17. The number of carbonyl (C=O) groups is 1. The molecule has 1 amide bonds. The first-order valence-corrected chi connectivity index (χ1v) is 7.53. The van der Waals surface area contributed by atoms with Crippen LogP contribution in [0.4, 0.5) is 0 Å². The summed E-state index contributed by atoms with van der Waals surface area (Å²) in [5.41, 5.74) is 3.06. The highest BCUT2D eigenvalue weighted by atomic mass is 32.1. The molecule has 2 aromatic rings. The molecule has 0 saturated carbocycles. The largest absolute Gasteiger partial charge is 0.491 e. The molecular formula is C16H18N2O2S. The van der Waals surface area contributed by atoms with Gasteiger partial charge in [-0.3, -0.25) is 4.79 Å². The van der Waals surface area contributed by atoms with Gasteiger partial charge in [0.1, 0.15) is 5.75 Å². The molecule has 21 heavy (non-hydrogen) atoms. The highest BCUT2D eigenvalue weighted by molar-refractivity contribution is 7.13. The molecule has 0 radical (unpaired) electrons. The van der Waals surface area contributed by atoms with Crippen LogP contribution in [0.5, 0.6) is 5.75 Å². The van der Waals surface area contributed by atoms with Gasteiger partial charge in [0.25, 0.3) is 5.91 Å². The predicted octanol–water partition coefficient (Wildman–Crippen LogP) is 3.61. The smallest absolute Gasteiger partial charge is 0.271 e. The summed E-state index contributed by atoms with van der Waals surface area (Å²) >= 11 is 1.63. The van der Waals surface area contributed by atoms with Gasteiger partial charge in [0.05, 0.1) is 12.3 Å². The molecule has 0 saturated heterocycles. The molecule has 1 aromatic carbocycles. The van der Waals surface area contributed by atoms with Gasteiger partial charge >= 0.3 is 0 Å². The summed E-state index contributed by atoms with van der Waals surface area (Å²) in [7, 11) is 0. The number of ether oxygens (including phenoxy) is 1. The van der Waals surface area contributed by atoms with Gasteiger partial charge < -0.3 is 4.74 Å². The van der Waals surface area contributed by atoms with Crippen molar-refractivity contribution in [3.8, 4) is 5.75 Å². The lowest BCUT2D eigenvalue weighted by Gasteiger charge is -2.09. The third-order valence-corrected chi connectivity index (χ3v) is 3.54. The highest BCUT2D eigenvalue weighted by Gasteiger charge is 2.05. The highest BCUT2D eigenvalue weighted by Crippen LogP contribution is 2.14. The number of carbonyl (C=O) groups excluding carboxylic acids is 1. The molecule has 0 atom stereocenters. The Kier molecular flexibility index (Phi) is 5.11. The summed E-state index contributed by atoms with van der Waals surface area (Å²) in [5.74, 6) is 0.509. The number of hydrogen-bond donors (Lipinski definition) is 1. The average Bonchev–Trinajstić information content (AvgIpc) is 2.84. The van der Waals surface area contributed by atoms with E-state index in [9.17, 15) is 4.79 Å². The summed E-state index contributed by atoms with van der Waals surface area (Å²) in [5, 5.41) is 3.96. The molecule has 2 rings (SSSR count). The number of nitrogens with zero attached hydrogens (tertiary/aromatic N) is 1. The van der Waals surface area contributed by atoms with Crippen molar-refractivity contribution in [2.24, 2.45) is 5.10 Å². The van der Waals surface area contributed by atoms with E-state index in [1.165, 1.54) is 4.88 Å². The molecule has 0 aliphatic rings. The van der Waals surface area contributed by atoms with Crippen LogP contribution in [0.25, 0.3) is 0 Å². The Morgan fingerprint density at radius 3 is 2.52 bits per heavy atom. The van der Waals surface area contributed by atoms with Crippen molar-refractivity contribution in [2.75, 3.05) is 0 Å². The lowest BCUT2D eigenvalue weighted by molar-refractivity contribution is 0.0955. The van der Waals surface area contributed by atoms with Crippen LogP contribution in [0, 0.1) is 6.92 Å². The van der Waals surface area contributed by atoms with Crippen molar-refractivity contribution >= 4 is 23.5 Å². The first kappa shape index (κ1) is 15.3. The molecule has 0 unspecified atom stereocenters. The summed E-state index contributed by atoms with van der Waals surface area (Å²) in [6.07, 6.45) is 1.76. The third-order valence-electron chi connectivity index (χ3n) is 2.61. The number of hydrazone groups is 1. The molecule has 0 aliphatic heterocycles. The Morgan fingerprint density at radius 2 is 1.95 bits per heavy atom. The fourth-order valence-corrected chi connectivity index (χ4v) is 2.45. The van der Waals surface area contributed by atoms with E-state index in [-0.39, 0.29) is 12.0 Å². The van der Waals surface area contributed by atoms with E-state index in [0.717, 1.165) is 10.6 Å². The van der Waals surface area contributed by atoms with Crippen molar-refractivity contribution in [3.63, 3.8) is 0 Å². The molecule has 1 heterocycles. The van der Waals surface area contributed by atoms with E-state index in [1.807, 2.05) is 32.9 Å².